The lowest BCUT2D eigenvalue weighted by molar-refractivity contribution is 0.0288. The van der Waals surface area contributed by atoms with Crippen molar-refractivity contribution in [1.82, 2.24) is 19.7 Å². The van der Waals surface area contributed by atoms with Crippen LogP contribution >= 0.6 is 11.6 Å². The second-order valence-electron chi connectivity index (χ2n) is 8.45. The van der Waals surface area contributed by atoms with Crippen LogP contribution in [0.4, 0.5) is 4.79 Å². The maximum Gasteiger partial charge on any atom is 0.410 e. The van der Waals surface area contributed by atoms with Gasteiger partial charge < -0.3 is 9.64 Å². The molecule has 0 bridgehead atoms. The van der Waals surface area contributed by atoms with Crippen LogP contribution in [0.15, 0.2) is 24.7 Å². The molecule has 6 nitrogen and oxygen atoms in total. The Kier molecular flexibility index (Phi) is 4.62. The lowest BCUT2D eigenvalue weighted by Crippen LogP contribution is -2.35. The van der Waals surface area contributed by atoms with Crippen molar-refractivity contribution < 1.29 is 9.53 Å². The summed E-state index contributed by atoms with van der Waals surface area (Å²) in [7, 11) is 0. The molecule has 3 heterocycles. The Hall–Kier alpha value is -2.08. The number of aromatic nitrogens is 3. The molecule has 1 saturated heterocycles. The van der Waals surface area contributed by atoms with Crippen LogP contribution < -0.4 is 0 Å². The highest BCUT2D eigenvalue weighted by Gasteiger charge is 2.32. The van der Waals surface area contributed by atoms with Crippen molar-refractivity contribution >= 4 is 17.7 Å². The summed E-state index contributed by atoms with van der Waals surface area (Å²) in [4.78, 5) is 18.3. The molecule has 27 heavy (non-hydrogen) atoms. The van der Waals surface area contributed by atoms with Gasteiger partial charge in [-0.1, -0.05) is 11.6 Å². The molecule has 7 heteroatoms. The van der Waals surface area contributed by atoms with Gasteiger partial charge in [-0.2, -0.15) is 5.10 Å². The Balaban J connectivity index is 1.49. The molecular weight excluding hydrogens is 364 g/mol. The maximum atomic E-state index is 12.3. The van der Waals surface area contributed by atoms with Crippen molar-refractivity contribution in [1.29, 1.82) is 0 Å². The van der Waals surface area contributed by atoms with Crippen molar-refractivity contribution in [2.75, 3.05) is 13.1 Å². The van der Waals surface area contributed by atoms with E-state index in [0.717, 1.165) is 17.5 Å². The lowest BCUT2D eigenvalue weighted by Gasteiger charge is -2.24. The summed E-state index contributed by atoms with van der Waals surface area (Å²) in [6.07, 6.45) is 8.81. The van der Waals surface area contributed by atoms with Gasteiger partial charge in [0.1, 0.15) is 10.8 Å². The molecule has 0 radical (unpaired) electrons. The maximum absolute atomic E-state index is 12.3. The minimum Gasteiger partial charge on any atom is -0.444 e. The molecule has 1 aliphatic carbocycles. The number of hydrogen-bond donors (Lipinski definition) is 0. The van der Waals surface area contributed by atoms with Gasteiger partial charge in [-0.3, -0.25) is 4.68 Å². The van der Waals surface area contributed by atoms with Crippen molar-refractivity contribution in [2.45, 2.75) is 57.6 Å². The summed E-state index contributed by atoms with van der Waals surface area (Å²) in [5.74, 6) is 0.581. The van der Waals surface area contributed by atoms with Crippen molar-refractivity contribution in [3.63, 3.8) is 0 Å². The van der Waals surface area contributed by atoms with E-state index >= 15 is 0 Å². The number of hydrogen-bond acceptors (Lipinski definition) is 4. The van der Waals surface area contributed by atoms with Crippen molar-refractivity contribution in [3.8, 4) is 11.1 Å². The minimum atomic E-state index is -0.477. The second kappa shape index (κ2) is 6.82. The van der Waals surface area contributed by atoms with Gasteiger partial charge in [0.05, 0.1) is 12.2 Å². The molecule has 2 aromatic heterocycles. The van der Waals surface area contributed by atoms with Gasteiger partial charge in [0, 0.05) is 36.6 Å². The number of carbonyl (C=O) groups excluding carboxylic acids is 1. The molecule has 1 amide bonds. The fraction of sp³-hybridized carbons (Fsp3) is 0.550. The van der Waals surface area contributed by atoms with Crippen LogP contribution in [0.2, 0.25) is 5.15 Å². The SMILES string of the molecule is CC(C)(C)OC(=O)N1CCC(n2cc(-c3cnc(Cl)cc3C3CC3)cn2)C1. The topological polar surface area (TPSA) is 60.2 Å². The highest BCUT2D eigenvalue weighted by atomic mass is 35.5. The molecule has 1 unspecified atom stereocenters. The van der Waals surface area contributed by atoms with E-state index < -0.39 is 5.60 Å². The molecule has 2 aromatic rings. The summed E-state index contributed by atoms with van der Waals surface area (Å²) < 4.78 is 7.44. The molecule has 4 rings (SSSR count). The molecular formula is C20H25ClN4O2. The summed E-state index contributed by atoms with van der Waals surface area (Å²) in [6.45, 7) is 6.95. The Bertz CT molecular complexity index is 854. The fourth-order valence-electron chi connectivity index (χ4n) is 3.54. The Morgan fingerprint density at radius 2 is 2.04 bits per heavy atom. The molecule has 2 fully saturated rings. The van der Waals surface area contributed by atoms with E-state index in [1.165, 1.54) is 18.4 Å². The molecule has 0 spiro atoms. The van der Waals surface area contributed by atoms with Gasteiger partial charge in [-0.05, 0) is 57.6 Å². The molecule has 1 aliphatic heterocycles. The molecule has 144 valence electrons. The first-order valence-electron chi connectivity index (χ1n) is 9.48. The van der Waals surface area contributed by atoms with Gasteiger partial charge in [0.25, 0.3) is 0 Å². The largest absolute Gasteiger partial charge is 0.444 e. The third kappa shape index (κ3) is 4.10. The van der Waals surface area contributed by atoms with E-state index in [-0.39, 0.29) is 12.1 Å². The van der Waals surface area contributed by atoms with Crippen molar-refractivity contribution in [3.05, 3.63) is 35.4 Å². The summed E-state index contributed by atoms with van der Waals surface area (Å²) in [6, 6.07) is 2.14. The van der Waals surface area contributed by atoms with Crippen LogP contribution in [0.3, 0.4) is 0 Å². The summed E-state index contributed by atoms with van der Waals surface area (Å²) in [5, 5.41) is 5.10. The van der Waals surface area contributed by atoms with Crippen molar-refractivity contribution in [2.24, 2.45) is 0 Å². The first kappa shape index (κ1) is 18.3. The van der Waals surface area contributed by atoms with Crippen LogP contribution in [0.5, 0.6) is 0 Å². The number of rotatable bonds is 3. The quantitative estimate of drug-likeness (QED) is 0.717. The van der Waals surface area contributed by atoms with Crippen LogP contribution in [0.1, 0.15) is 57.6 Å². The molecule has 1 saturated carbocycles. The normalized spacial score (nSPS) is 20.1. The highest BCUT2D eigenvalue weighted by molar-refractivity contribution is 6.29. The molecule has 2 aliphatic rings. The van der Waals surface area contributed by atoms with E-state index in [0.29, 0.717) is 24.2 Å². The van der Waals surface area contributed by atoms with Crippen LogP contribution in [0.25, 0.3) is 11.1 Å². The highest BCUT2D eigenvalue weighted by Crippen LogP contribution is 2.44. The monoisotopic (exact) mass is 388 g/mol. The second-order valence-corrected chi connectivity index (χ2v) is 8.83. The van der Waals surface area contributed by atoms with Gasteiger partial charge in [-0.15, -0.1) is 0 Å². The Morgan fingerprint density at radius 3 is 2.74 bits per heavy atom. The van der Waals surface area contributed by atoms with Crippen LogP contribution in [-0.4, -0.2) is 44.4 Å². The average Bonchev–Trinajstić information content (AvgIpc) is 3.11. The first-order chi connectivity index (χ1) is 12.8. The number of nitrogens with zero attached hydrogens (tertiary/aromatic N) is 4. The molecule has 1 atom stereocenters. The zero-order chi connectivity index (χ0) is 19.2. The standard InChI is InChI=1S/C20H25ClN4O2/c1-20(2,3)27-19(26)24-7-6-15(12-24)25-11-14(9-23-25)17-10-22-18(21)8-16(17)13-4-5-13/h8-11,13,15H,4-7,12H2,1-3H3. The zero-order valence-corrected chi connectivity index (χ0v) is 16.7. The predicted octanol–water partition coefficient (Wildman–Crippen LogP) is 4.66. The van der Waals surface area contributed by atoms with Crippen LogP contribution in [0, 0.1) is 0 Å². The first-order valence-corrected chi connectivity index (χ1v) is 9.86. The minimum absolute atomic E-state index is 0.163. The van der Waals surface area contributed by atoms with Gasteiger partial charge in [-0.25, -0.2) is 9.78 Å². The number of likely N-dealkylation sites (tertiary alicyclic amines) is 1. The number of halogens is 1. The zero-order valence-electron chi connectivity index (χ0n) is 16.0. The number of amides is 1. The Morgan fingerprint density at radius 1 is 1.26 bits per heavy atom. The van der Waals surface area contributed by atoms with E-state index in [4.69, 9.17) is 16.3 Å². The molecule has 0 N–H and O–H groups in total. The fourth-order valence-corrected chi connectivity index (χ4v) is 3.71. The van der Waals surface area contributed by atoms with E-state index in [1.54, 1.807) is 4.90 Å². The average molecular weight is 389 g/mol. The van der Waals surface area contributed by atoms with E-state index in [2.05, 4.69) is 16.3 Å². The number of carbonyl (C=O) groups is 1. The number of pyridine rings is 1. The third-order valence-corrected chi connectivity index (χ3v) is 5.23. The molecule has 0 aromatic carbocycles. The number of ether oxygens (including phenoxy) is 1. The van der Waals surface area contributed by atoms with E-state index in [9.17, 15) is 4.79 Å². The van der Waals surface area contributed by atoms with Gasteiger partial charge in [0.15, 0.2) is 0 Å². The summed E-state index contributed by atoms with van der Waals surface area (Å²) in [5.41, 5.74) is 2.94. The van der Waals surface area contributed by atoms with E-state index in [1.807, 2.05) is 43.9 Å². The Labute approximate surface area is 164 Å². The van der Waals surface area contributed by atoms with Crippen LogP contribution in [-0.2, 0) is 4.74 Å². The smallest absolute Gasteiger partial charge is 0.410 e. The predicted molar refractivity (Wildman–Crippen MR) is 104 cm³/mol. The third-order valence-electron chi connectivity index (χ3n) is 5.02. The summed E-state index contributed by atoms with van der Waals surface area (Å²) >= 11 is 6.10. The van der Waals surface area contributed by atoms with Gasteiger partial charge >= 0.3 is 6.09 Å². The lowest BCUT2D eigenvalue weighted by atomic mass is 10.0. The van der Waals surface area contributed by atoms with Gasteiger partial charge in [0.2, 0.25) is 0 Å².